The summed E-state index contributed by atoms with van der Waals surface area (Å²) in [6.07, 6.45) is 2.32. The predicted molar refractivity (Wildman–Crippen MR) is 137 cm³/mol. The van der Waals surface area contributed by atoms with Crippen LogP contribution >= 0.6 is 34.8 Å². The number of nitrogens with zero attached hydrogens (tertiary/aromatic N) is 1. The third-order valence-electron chi connectivity index (χ3n) is 5.31. The minimum atomic E-state index is -0.218. The normalized spacial score (nSPS) is 14.3. The van der Waals surface area contributed by atoms with Gasteiger partial charge in [0.15, 0.2) is 18.1 Å². The summed E-state index contributed by atoms with van der Waals surface area (Å²) in [6, 6.07) is 11.6. The molecule has 0 saturated carbocycles. The van der Waals surface area contributed by atoms with Crippen LogP contribution in [0, 0.1) is 16.4 Å². The Morgan fingerprint density at radius 2 is 1.87 bits per heavy atom. The molecule has 1 heterocycles. The quantitative estimate of drug-likeness (QED) is 0.367. The molecule has 1 saturated heterocycles. The lowest BCUT2D eigenvalue weighted by atomic mass is 9.99. The molecule has 1 N–H and O–H groups in total. The highest BCUT2D eigenvalue weighted by atomic mass is 127. The fourth-order valence-corrected chi connectivity index (χ4v) is 4.52. The Morgan fingerprint density at radius 1 is 1.19 bits per heavy atom. The van der Waals surface area contributed by atoms with Gasteiger partial charge in [0.2, 0.25) is 0 Å². The highest BCUT2D eigenvalue weighted by Gasteiger charge is 2.21. The van der Waals surface area contributed by atoms with E-state index >= 15 is 0 Å². The van der Waals surface area contributed by atoms with Crippen molar-refractivity contribution in [1.29, 1.82) is 0 Å². The first-order valence-corrected chi connectivity index (χ1v) is 12.1. The lowest BCUT2D eigenvalue weighted by Crippen LogP contribution is -2.37. The topological polar surface area (TPSA) is 50.8 Å². The van der Waals surface area contributed by atoms with Crippen LogP contribution in [0.3, 0.4) is 0 Å². The minimum Gasteiger partial charge on any atom is -0.490 e. The molecule has 0 spiro atoms. The molecule has 1 amide bonds. The Kier molecular flexibility index (Phi) is 8.54. The number of piperidine rings is 1. The fraction of sp³-hybridized carbons (Fsp3) is 0.417. The largest absolute Gasteiger partial charge is 0.490 e. The molecule has 0 aliphatic carbocycles. The predicted octanol–water partition coefficient (Wildman–Crippen LogP) is 5.42. The number of thiocarbonyl (C=S) groups is 1. The summed E-state index contributed by atoms with van der Waals surface area (Å²) >= 11 is 7.99. The van der Waals surface area contributed by atoms with Gasteiger partial charge in [-0.1, -0.05) is 36.8 Å². The molecule has 0 unspecified atom stereocenters. The van der Waals surface area contributed by atoms with E-state index < -0.39 is 0 Å². The Morgan fingerprint density at radius 3 is 2.52 bits per heavy atom. The minimum absolute atomic E-state index is 0.0994. The molecule has 1 aliphatic rings. The van der Waals surface area contributed by atoms with E-state index in [1.54, 1.807) is 0 Å². The van der Waals surface area contributed by atoms with Crippen LogP contribution in [0.25, 0.3) is 0 Å². The summed E-state index contributed by atoms with van der Waals surface area (Å²) < 4.78 is 12.6. The highest BCUT2D eigenvalue weighted by Crippen LogP contribution is 2.35. The maximum atomic E-state index is 12.4. The number of hydrogen-bond acceptors (Lipinski definition) is 4. The van der Waals surface area contributed by atoms with Gasteiger partial charge in [-0.15, -0.1) is 0 Å². The monoisotopic (exact) mass is 552 g/mol. The lowest BCUT2D eigenvalue weighted by molar-refractivity contribution is -0.118. The zero-order valence-electron chi connectivity index (χ0n) is 18.2. The highest BCUT2D eigenvalue weighted by molar-refractivity contribution is 14.1. The van der Waals surface area contributed by atoms with E-state index in [4.69, 9.17) is 21.7 Å². The molecule has 31 heavy (non-hydrogen) atoms. The Hall–Kier alpha value is -1.87. The standard InChI is InChI=1S/C24H29IN2O3S/c1-4-29-21-14-18(24(31)27-11-9-17(3)10-12-27)13-20(25)23(21)30-15-22(28)26-19-7-5-16(2)6-8-19/h5-8,13-14,17H,4,9-12,15H2,1-3H3,(H,26,28). The van der Waals surface area contributed by atoms with E-state index in [1.807, 2.05) is 50.2 Å². The van der Waals surface area contributed by atoms with Crippen LogP contribution in [0.4, 0.5) is 5.69 Å². The molecule has 5 nitrogen and oxygen atoms in total. The number of ether oxygens (including phenoxy) is 2. The second-order valence-corrected chi connectivity index (χ2v) is 9.44. The molecule has 0 aromatic heterocycles. The molecule has 166 valence electrons. The van der Waals surface area contributed by atoms with Crippen molar-refractivity contribution in [2.24, 2.45) is 5.92 Å². The summed E-state index contributed by atoms with van der Waals surface area (Å²) in [6.45, 7) is 8.59. The first-order valence-electron chi connectivity index (χ1n) is 10.6. The van der Waals surface area contributed by atoms with E-state index in [0.717, 1.165) is 57.2 Å². The second kappa shape index (κ2) is 11.1. The van der Waals surface area contributed by atoms with Crippen molar-refractivity contribution < 1.29 is 14.3 Å². The SMILES string of the molecule is CCOc1cc(C(=S)N2CCC(C)CC2)cc(I)c1OCC(=O)Nc1ccc(C)cc1. The number of likely N-dealkylation sites (tertiary alicyclic amines) is 1. The molecule has 0 bridgehead atoms. The van der Waals surface area contributed by atoms with Crippen LogP contribution in [0.15, 0.2) is 36.4 Å². The molecular formula is C24H29IN2O3S. The van der Waals surface area contributed by atoms with Gasteiger partial charge in [0.05, 0.1) is 10.2 Å². The van der Waals surface area contributed by atoms with Gasteiger partial charge in [-0.05, 0) is 79.5 Å². The molecule has 1 fully saturated rings. The van der Waals surface area contributed by atoms with Crippen LogP contribution in [-0.2, 0) is 4.79 Å². The summed E-state index contributed by atoms with van der Waals surface area (Å²) in [7, 11) is 0. The number of carbonyl (C=O) groups is 1. The van der Waals surface area contributed by atoms with E-state index in [1.165, 1.54) is 0 Å². The molecule has 0 radical (unpaired) electrons. The number of halogens is 1. The lowest BCUT2D eigenvalue weighted by Gasteiger charge is -2.32. The van der Waals surface area contributed by atoms with Gasteiger partial charge >= 0.3 is 0 Å². The number of carbonyl (C=O) groups excluding carboxylic acids is 1. The molecule has 3 rings (SSSR count). The third-order valence-corrected chi connectivity index (χ3v) is 6.61. The number of amides is 1. The Bertz CT molecular complexity index is 925. The Labute approximate surface area is 203 Å². The van der Waals surface area contributed by atoms with E-state index in [0.29, 0.717) is 18.1 Å². The number of aryl methyl sites for hydroxylation is 1. The maximum Gasteiger partial charge on any atom is 0.262 e. The van der Waals surface area contributed by atoms with E-state index in [9.17, 15) is 4.79 Å². The van der Waals surface area contributed by atoms with Gasteiger partial charge in [-0.3, -0.25) is 4.79 Å². The van der Waals surface area contributed by atoms with Crippen LogP contribution in [0.5, 0.6) is 11.5 Å². The molecule has 0 atom stereocenters. The summed E-state index contributed by atoms with van der Waals surface area (Å²) in [5, 5.41) is 2.85. The molecular weight excluding hydrogens is 523 g/mol. The van der Waals surface area contributed by atoms with Crippen molar-refractivity contribution in [3.63, 3.8) is 0 Å². The third kappa shape index (κ3) is 6.55. The van der Waals surface area contributed by atoms with Crippen molar-refractivity contribution in [2.45, 2.75) is 33.6 Å². The second-order valence-electron chi connectivity index (χ2n) is 7.90. The van der Waals surface area contributed by atoms with Gasteiger partial charge in [-0.2, -0.15) is 0 Å². The van der Waals surface area contributed by atoms with E-state index in [-0.39, 0.29) is 12.5 Å². The molecule has 2 aromatic carbocycles. The zero-order valence-corrected chi connectivity index (χ0v) is 21.2. The van der Waals surface area contributed by atoms with Gasteiger partial charge < -0.3 is 19.7 Å². The smallest absolute Gasteiger partial charge is 0.262 e. The average Bonchev–Trinajstić information content (AvgIpc) is 2.75. The number of nitrogens with one attached hydrogen (secondary N) is 1. The van der Waals surface area contributed by atoms with E-state index in [2.05, 4.69) is 39.7 Å². The van der Waals surface area contributed by atoms with Crippen molar-refractivity contribution in [3.05, 3.63) is 51.1 Å². The van der Waals surface area contributed by atoms with Crippen molar-refractivity contribution in [1.82, 2.24) is 4.90 Å². The number of rotatable bonds is 7. The molecule has 2 aromatic rings. The summed E-state index contributed by atoms with van der Waals surface area (Å²) in [4.78, 5) is 15.5. The number of hydrogen-bond donors (Lipinski definition) is 1. The first-order chi connectivity index (χ1) is 14.9. The van der Waals surface area contributed by atoms with Crippen LogP contribution < -0.4 is 14.8 Å². The van der Waals surface area contributed by atoms with Gasteiger partial charge in [0.25, 0.3) is 5.91 Å². The van der Waals surface area contributed by atoms with Crippen molar-refractivity contribution in [2.75, 3.05) is 31.6 Å². The number of anilines is 1. The fourth-order valence-electron chi connectivity index (χ4n) is 3.46. The summed E-state index contributed by atoms with van der Waals surface area (Å²) in [5.41, 5.74) is 2.84. The maximum absolute atomic E-state index is 12.4. The first kappa shape index (κ1) is 23.8. The van der Waals surface area contributed by atoms with Crippen LogP contribution in [0.1, 0.15) is 37.8 Å². The van der Waals surface area contributed by atoms with Gasteiger partial charge in [0, 0.05) is 24.3 Å². The molecule has 7 heteroatoms. The molecule has 1 aliphatic heterocycles. The van der Waals surface area contributed by atoms with Crippen LogP contribution in [0.2, 0.25) is 0 Å². The number of benzene rings is 2. The average molecular weight is 552 g/mol. The summed E-state index contributed by atoms with van der Waals surface area (Å²) in [5.74, 6) is 1.71. The van der Waals surface area contributed by atoms with Crippen molar-refractivity contribution >= 4 is 51.4 Å². The van der Waals surface area contributed by atoms with Crippen molar-refractivity contribution in [3.8, 4) is 11.5 Å². The van der Waals surface area contributed by atoms with Gasteiger partial charge in [0.1, 0.15) is 4.99 Å². The Balaban J connectivity index is 1.70. The van der Waals surface area contributed by atoms with Gasteiger partial charge in [-0.25, -0.2) is 0 Å². The zero-order chi connectivity index (χ0) is 22.4. The van der Waals surface area contributed by atoms with Crippen LogP contribution in [-0.4, -0.2) is 42.1 Å².